The Bertz CT molecular complexity index is 1150. The lowest BCUT2D eigenvalue weighted by atomic mass is 10.0. The van der Waals surface area contributed by atoms with Crippen molar-refractivity contribution >= 4 is 28.1 Å². The van der Waals surface area contributed by atoms with Crippen molar-refractivity contribution in [2.45, 2.75) is 18.9 Å². The van der Waals surface area contributed by atoms with E-state index in [9.17, 15) is 9.59 Å². The van der Waals surface area contributed by atoms with Crippen molar-refractivity contribution in [3.63, 3.8) is 0 Å². The number of carbonyl (C=O) groups is 2. The molecule has 0 radical (unpaired) electrons. The lowest BCUT2D eigenvalue weighted by molar-refractivity contribution is 0.0717. The fourth-order valence-electron chi connectivity index (χ4n) is 3.64. The maximum absolute atomic E-state index is 13.1. The summed E-state index contributed by atoms with van der Waals surface area (Å²) < 4.78 is 3.65. The second-order valence-corrected chi connectivity index (χ2v) is 8.40. The number of nitrogens with one attached hydrogen (secondary N) is 1. The molecule has 1 N–H and O–H groups in total. The van der Waals surface area contributed by atoms with E-state index in [-0.39, 0.29) is 17.9 Å². The van der Waals surface area contributed by atoms with Crippen LogP contribution in [-0.2, 0) is 13.5 Å². The minimum Gasteiger partial charge on any atom is -0.351 e. The van der Waals surface area contributed by atoms with E-state index in [1.165, 1.54) is 11.3 Å². The van der Waals surface area contributed by atoms with Gasteiger partial charge < -0.3 is 14.8 Å². The molecule has 1 unspecified atom stereocenters. The van der Waals surface area contributed by atoms with Crippen molar-refractivity contribution in [1.29, 1.82) is 0 Å². The van der Waals surface area contributed by atoms with Crippen LogP contribution in [0.5, 0.6) is 0 Å². The summed E-state index contributed by atoms with van der Waals surface area (Å²) in [4.78, 5) is 32.6. The van der Waals surface area contributed by atoms with Crippen LogP contribution in [0.3, 0.4) is 0 Å². The van der Waals surface area contributed by atoms with Crippen molar-refractivity contribution in [1.82, 2.24) is 24.2 Å². The van der Waals surface area contributed by atoms with Gasteiger partial charge in [-0.3, -0.25) is 14.0 Å². The average Bonchev–Trinajstić information content (AvgIpc) is 3.49. The molecule has 0 bridgehead atoms. The first-order chi connectivity index (χ1) is 15.0. The molecule has 0 aliphatic carbocycles. The van der Waals surface area contributed by atoms with Gasteiger partial charge in [0.25, 0.3) is 11.8 Å². The molecule has 31 heavy (non-hydrogen) atoms. The first-order valence-electron chi connectivity index (χ1n) is 10.2. The zero-order valence-electron chi connectivity index (χ0n) is 17.6. The molecule has 3 heterocycles. The summed E-state index contributed by atoms with van der Waals surface area (Å²) in [6.45, 7) is 0.470. The van der Waals surface area contributed by atoms with Gasteiger partial charge in [-0.2, -0.15) is 0 Å². The molecule has 1 atom stereocenters. The Balaban J connectivity index is 1.46. The Morgan fingerprint density at radius 1 is 1.16 bits per heavy atom. The number of thiazole rings is 1. The van der Waals surface area contributed by atoms with Crippen molar-refractivity contribution in [3.05, 3.63) is 83.4 Å². The number of likely N-dealkylation sites (N-methyl/N-ethyl adjacent to an activating group) is 1. The third-order valence-electron chi connectivity index (χ3n) is 5.43. The number of benzene rings is 1. The number of rotatable bonds is 8. The number of imidazole rings is 1. The summed E-state index contributed by atoms with van der Waals surface area (Å²) in [5.41, 5.74) is 2.19. The van der Waals surface area contributed by atoms with Crippen LogP contribution in [0.25, 0.3) is 4.96 Å². The fraction of sp³-hybridized carbons (Fsp3) is 0.261. The van der Waals surface area contributed by atoms with E-state index < -0.39 is 0 Å². The molecule has 0 fully saturated rings. The van der Waals surface area contributed by atoms with Gasteiger partial charge in [-0.15, -0.1) is 11.3 Å². The number of aromatic nitrogens is 3. The lowest BCUT2D eigenvalue weighted by Gasteiger charge is -2.28. The number of aryl methyl sites for hydroxylation is 1. The largest absolute Gasteiger partial charge is 0.351 e. The third kappa shape index (κ3) is 4.69. The molecule has 1 aromatic carbocycles. The summed E-state index contributed by atoms with van der Waals surface area (Å²) in [5.74, 6) is -0.236. The molecule has 0 aliphatic heterocycles. The molecule has 160 valence electrons. The van der Waals surface area contributed by atoms with Crippen LogP contribution in [0.1, 0.15) is 33.0 Å². The molecule has 4 aromatic rings. The minimum atomic E-state index is -0.120. The molecule has 2 amide bonds. The van der Waals surface area contributed by atoms with Gasteiger partial charge in [-0.05, 0) is 30.5 Å². The van der Waals surface area contributed by atoms with E-state index in [0.29, 0.717) is 30.8 Å². The molecule has 0 spiro atoms. The average molecular weight is 436 g/mol. The number of amides is 2. The van der Waals surface area contributed by atoms with E-state index in [1.54, 1.807) is 21.7 Å². The van der Waals surface area contributed by atoms with Gasteiger partial charge in [0, 0.05) is 50.7 Å². The number of carbonyl (C=O) groups excluding carboxylic acids is 2. The van der Waals surface area contributed by atoms with Crippen molar-refractivity contribution in [2.75, 3.05) is 13.6 Å². The summed E-state index contributed by atoms with van der Waals surface area (Å²) in [7, 11) is 3.65. The van der Waals surface area contributed by atoms with Crippen LogP contribution in [0.15, 0.2) is 66.4 Å². The van der Waals surface area contributed by atoms with Crippen molar-refractivity contribution in [2.24, 2.45) is 7.05 Å². The molecule has 0 aliphatic rings. The number of nitrogens with zero attached hydrogens (tertiary/aromatic N) is 4. The summed E-state index contributed by atoms with van der Waals surface area (Å²) in [6, 6.07) is 13.6. The molecule has 7 nitrogen and oxygen atoms in total. The summed E-state index contributed by atoms with van der Waals surface area (Å²) >= 11 is 1.50. The highest BCUT2D eigenvalue weighted by Crippen LogP contribution is 2.17. The van der Waals surface area contributed by atoms with Gasteiger partial charge in [0.05, 0.1) is 0 Å². The van der Waals surface area contributed by atoms with Crippen molar-refractivity contribution < 1.29 is 9.59 Å². The van der Waals surface area contributed by atoms with Crippen LogP contribution in [0.4, 0.5) is 0 Å². The maximum atomic E-state index is 13.1. The smallest absolute Gasteiger partial charge is 0.274 e. The number of hydrogen-bond donors (Lipinski definition) is 1. The second-order valence-electron chi connectivity index (χ2n) is 7.53. The van der Waals surface area contributed by atoms with E-state index in [2.05, 4.69) is 22.4 Å². The second kappa shape index (κ2) is 9.18. The van der Waals surface area contributed by atoms with E-state index in [1.807, 2.05) is 60.5 Å². The maximum Gasteiger partial charge on any atom is 0.274 e. The minimum absolute atomic E-state index is 0.0802. The van der Waals surface area contributed by atoms with Crippen LogP contribution < -0.4 is 5.32 Å². The SMILES string of the molecule is CN(C(=O)c1cn2ccsc2n1)C(CCNC(=O)c1cccn1C)Cc1ccccc1. The number of hydrogen-bond acceptors (Lipinski definition) is 4. The Morgan fingerprint density at radius 3 is 2.68 bits per heavy atom. The van der Waals surface area contributed by atoms with Crippen molar-refractivity contribution in [3.8, 4) is 0 Å². The lowest BCUT2D eigenvalue weighted by Crippen LogP contribution is -2.41. The van der Waals surface area contributed by atoms with Crippen LogP contribution >= 0.6 is 11.3 Å². The standard InChI is InChI=1S/C23H25N5O2S/c1-26-12-6-9-20(26)21(29)24-11-10-18(15-17-7-4-3-5-8-17)27(2)22(30)19-16-28-13-14-31-23(28)25-19/h3-9,12-14,16,18H,10-11,15H2,1-2H3,(H,24,29). The molecule has 8 heteroatoms. The predicted octanol–water partition coefficient (Wildman–Crippen LogP) is 3.24. The van der Waals surface area contributed by atoms with Crippen LogP contribution in [0, 0.1) is 0 Å². The van der Waals surface area contributed by atoms with Gasteiger partial charge in [-0.25, -0.2) is 4.98 Å². The Hall–Kier alpha value is -3.39. The van der Waals surface area contributed by atoms with Crippen LogP contribution in [0.2, 0.25) is 0 Å². The normalized spacial score (nSPS) is 12.1. The predicted molar refractivity (Wildman–Crippen MR) is 121 cm³/mol. The van der Waals surface area contributed by atoms with Gasteiger partial charge in [0.1, 0.15) is 11.4 Å². The fourth-order valence-corrected chi connectivity index (χ4v) is 4.34. The zero-order valence-corrected chi connectivity index (χ0v) is 18.4. The molecule has 4 rings (SSSR count). The molecule has 3 aromatic heterocycles. The quantitative estimate of drug-likeness (QED) is 0.462. The Morgan fingerprint density at radius 2 is 1.97 bits per heavy atom. The summed E-state index contributed by atoms with van der Waals surface area (Å²) in [5, 5.41) is 4.92. The topological polar surface area (TPSA) is 71.6 Å². The molecular formula is C23H25N5O2S. The summed E-state index contributed by atoms with van der Waals surface area (Å²) in [6.07, 6.45) is 6.84. The first-order valence-corrected chi connectivity index (χ1v) is 11.0. The molecule has 0 saturated carbocycles. The monoisotopic (exact) mass is 435 g/mol. The van der Waals surface area contributed by atoms with E-state index in [4.69, 9.17) is 0 Å². The van der Waals surface area contributed by atoms with E-state index >= 15 is 0 Å². The Kier molecular flexibility index (Phi) is 6.18. The number of fused-ring (bicyclic) bond motifs is 1. The zero-order chi connectivity index (χ0) is 21.8. The molecular weight excluding hydrogens is 410 g/mol. The first kappa shape index (κ1) is 20.9. The highest BCUT2D eigenvalue weighted by atomic mass is 32.1. The molecule has 0 saturated heterocycles. The van der Waals surface area contributed by atoms with Gasteiger partial charge in [-0.1, -0.05) is 30.3 Å². The highest BCUT2D eigenvalue weighted by Gasteiger charge is 2.24. The van der Waals surface area contributed by atoms with Crippen LogP contribution in [-0.4, -0.2) is 50.3 Å². The Labute approximate surface area is 184 Å². The van der Waals surface area contributed by atoms with Gasteiger partial charge in [0.15, 0.2) is 4.96 Å². The van der Waals surface area contributed by atoms with E-state index in [0.717, 1.165) is 10.5 Å². The van der Waals surface area contributed by atoms with Gasteiger partial charge in [0.2, 0.25) is 0 Å². The van der Waals surface area contributed by atoms with Gasteiger partial charge >= 0.3 is 0 Å². The highest BCUT2D eigenvalue weighted by molar-refractivity contribution is 7.15. The third-order valence-corrected chi connectivity index (χ3v) is 6.20.